The van der Waals surface area contributed by atoms with E-state index < -0.39 is 11.2 Å². The molecule has 132 valence electrons. The number of nitrogens with zero attached hydrogens (tertiary/aromatic N) is 6. The first-order valence-electron chi connectivity index (χ1n) is 7.85. The fourth-order valence-corrected chi connectivity index (χ4v) is 2.66. The predicted octanol–water partition coefficient (Wildman–Crippen LogP) is 0.709. The van der Waals surface area contributed by atoms with E-state index in [2.05, 4.69) is 15.4 Å². The van der Waals surface area contributed by atoms with Gasteiger partial charge in [0.05, 0.1) is 5.69 Å². The topological polar surface area (TPSA) is 111 Å². The molecule has 1 atom stereocenters. The molecule has 9 nitrogen and oxygen atoms in total. The molecular weight excluding hydrogens is 334 g/mol. The highest BCUT2D eigenvalue weighted by Gasteiger charge is 2.17. The standard InChI is InChI=1S/C17H17N7O2/c1-11(12-4-6-13(7-5-12)24-10-19-9-20-24)21-15-14(8-18)16(25)23(3)17(26)22(15)2/h4-7,9-11,21H,1-3H3/t11-/m1/s1. The maximum atomic E-state index is 12.2. The molecule has 3 rings (SSSR count). The minimum absolute atomic E-state index is 0.0966. The first-order chi connectivity index (χ1) is 12.4. The average molecular weight is 351 g/mol. The second-order valence-corrected chi connectivity index (χ2v) is 5.84. The normalized spacial score (nSPS) is 11.8. The summed E-state index contributed by atoms with van der Waals surface area (Å²) in [5.74, 6) is 0.202. The lowest BCUT2D eigenvalue weighted by atomic mass is 10.1. The second-order valence-electron chi connectivity index (χ2n) is 5.84. The summed E-state index contributed by atoms with van der Waals surface area (Å²) in [6.45, 7) is 1.88. The molecule has 0 saturated heterocycles. The Kier molecular flexibility index (Phi) is 4.41. The van der Waals surface area contributed by atoms with E-state index in [0.717, 1.165) is 15.8 Å². The van der Waals surface area contributed by atoms with E-state index in [9.17, 15) is 14.9 Å². The highest BCUT2D eigenvalue weighted by atomic mass is 16.2. The van der Waals surface area contributed by atoms with Gasteiger partial charge in [0, 0.05) is 20.1 Å². The Morgan fingerprint density at radius 1 is 1.15 bits per heavy atom. The van der Waals surface area contributed by atoms with Gasteiger partial charge in [-0.05, 0) is 24.6 Å². The van der Waals surface area contributed by atoms with Gasteiger partial charge in [0.25, 0.3) is 5.56 Å². The molecule has 0 saturated carbocycles. The zero-order chi connectivity index (χ0) is 18.8. The third kappa shape index (κ3) is 2.88. The molecular formula is C17H17N7O2. The molecule has 0 fully saturated rings. The van der Waals surface area contributed by atoms with E-state index in [4.69, 9.17) is 0 Å². The Morgan fingerprint density at radius 2 is 1.85 bits per heavy atom. The number of aromatic nitrogens is 5. The largest absolute Gasteiger partial charge is 0.364 e. The van der Waals surface area contributed by atoms with E-state index in [1.54, 1.807) is 11.0 Å². The average Bonchev–Trinajstić information content (AvgIpc) is 3.19. The summed E-state index contributed by atoms with van der Waals surface area (Å²) in [6.07, 6.45) is 3.06. The first kappa shape index (κ1) is 17.2. The van der Waals surface area contributed by atoms with Crippen LogP contribution in [0, 0.1) is 11.3 Å². The third-order valence-corrected chi connectivity index (χ3v) is 4.21. The van der Waals surface area contributed by atoms with Crippen LogP contribution in [0.1, 0.15) is 24.1 Å². The van der Waals surface area contributed by atoms with Crippen LogP contribution in [0.5, 0.6) is 0 Å². The zero-order valence-electron chi connectivity index (χ0n) is 14.5. The Hall–Kier alpha value is -3.67. The minimum Gasteiger partial charge on any atom is -0.364 e. The summed E-state index contributed by atoms with van der Waals surface area (Å²) in [6, 6.07) is 9.23. The van der Waals surface area contributed by atoms with Gasteiger partial charge in [-0.1, -0.05) is 12.1 Å². The van der Waals surface area contributed by atoms with E-state index in [0.29, 0.717) is 0 Å². The number of rotatable bonds is 4. The number of nitrogens with one attached hydrogen (secondary N) is 1. The lowest BCUT2D eigenvalue weighted by Gasteiger charge is -2.19. The summed E-state index contributed by atoms with van der Waals surface area (Å²) < 4.78 is 3.82. The monoisotopic (exact) mass is 351 g/mol. The van der Waals surface area contributed by atoms with Gasteiger partial charge < -0.3 is 5.32 Å². The van der Waals surface area contributed by atoms with Crippen molar-refractivity contribution in [3.63, 3.8) is 0 Å². The Labute approximate surface area is 148 Å². The number of nitriles is 1. The third-order valence-electron chi connectivity index (χ3n) is 4.21. The van der Waals surface area contributed by atoms with Gasteiger partial charge in [0.2, 0.25) is 0 Å². The van der Waals surface area contributed by atoms with Crippen molar-refractivity contribution in [2.75, 3.05) is 5.32 Å². The van der Waals surface area contributed by atoms with Crippen LogP contribution >= 0.6 is 0 Å². The molecule has 9 heteroatoms. The van der Waals surface area contributed by atoms with Crippen LogP contribution in [0.15, 0.2) is 46.5 Å². The summed E-state index contributed by atoms with van der Waals surface area (Å²) in [4.78, 5) is 28.2. The maximum absolute atomic E-state index is 12.2. The van der Waals surface area contributed by atoms with Crippen molar-refractivity contribution in [1.82, 2.24) is 23.9 Å². The maximum Gasteiger partial charge on any atom is 0.332 e. The Balaban J connectivity index is 1.94. The van der Waals surface area contributed by atoms with Crippen molar-refractivity contribution in [3.05, 3.63) is 68.9 Å². The number of hydrogen-bond acceptors (Lipinski definition) is 6. The number of benzene rings is 1. The van der Waals surface area contributed by atoms with Gasteiger partial charge >= 0.3 is 5.69 Å². The Bertz CT molecular complexity index is 1090. The number of anilines is 1. The van der Waals surface area contributed by atoms with Gasteiger partial charge in [-0.15, -0.1) is 0 Å². The molecule has 0 unspecified atom stereocenters. The molecule has 0 aliphatic carbocycles. The molecule has 0 aliphatic rings. The summed E-state index contributed by atoms with van der Waals surface area (Å²) in [7, 11) is 2.87. The molecule has 0 spiro atoms. The molecule has 0 aliphatic heterocycles. The van der Waals surface area contributed by atoms with Crippen molar-refractivity contribution < 1.29 is 0 Å². The lowest BCUT2D eigenvalue weighted by Crippen LogP contribution is -2.40. The van der Waals surface area contributed by atoms with E-state index in [-0.39, 0.29) is 17.4 Å². The van der Waals surface area contributed by atoms with E-state index in [1.165, 1.54) is 25.0 Å². The second kappa shape index (κ2) is 6.68. The van der Waals surface area contributed by atoms with Gasteiger partial charge in [-0.3, -0.25) is 13.9 Å². The molecule has 2 aromatic heterocycles. The van der Waals surface area contributed by atoms with Crippen molar-refractivity contribution in [3.8, 4) is 11.8 Å². The molecule has 1 N–H and O–H groups in total. The highest BCUT2D eigenvalue weighted by molar-refractivity contribution is 5.52. The van der Waals surface area contributed by atoms with Crippen molar-refractivity contribution in [2.45, 2.75) is 13.0 Å². The van der Waals surface area contributed by atoms with Gasteiger partial charge in [0.15, 0.2) is 5.56 Å². The zero-order valence-corrected chi connectivity index (χ0v) is 14.5. The fourth-order valence-electron chi connectivity index (χ4n) is 2.66. The van der Waals surface area contributed by atoms with Crippen molar-refractivity contribution >= 4 is 5.82 Å². The Morgan fingerprint density at radius 3 is 2.42 bits per heavy atom. The van der Waals surface area contributed by atoms with Crippen LogP contribution in [0.3, 0.4) is 0 Å². The molecule has 1 aromatic carbocycles. The number of hydrogen-bond donors (Lipinski definition) is 1. The van der Waals surface area contributed by atoms with Gasteiger partial charge in [0.1, 0.15) is 24.5 Å². The molecule has 0 bridgehead atoms. The fraction of sp³-hybridized carbons (Fsp3) is 0.235. The lowest BCUT2D eigenvalue weighted by molar-refractivity contribution is 0.678. The molecule has 0 amide bonds. The van der Waals surface area contributed by atoms with Crippen molar-refractivity contribution in [1.29, 1.82) is 5.26 Å². The SMILES string of the molecule is C[C@@H](Nc1c(C#N)c(=O)n(C)c(=O)n1C)c1ccc(-n2cncn2)cc1. The smallest absolute Gasteiger partial charge is 0.332 e. The van der Waals surface area contributed by atoms with Crippen LogP contribution in [0.2, 0.25) is 0 Å². The highest BCUT2D eigenvalue weighted by Crippen LogP contribution is 2.20. The van der Waals surface area contributed by atoms with Crippen LogP contribution < -0.4 is 16.6 Å². The van der Waals surface area contributed by atoms with Gasteiger partial charge in [-0.2, -0.15) is 10.4 Å². The van der Waals surface area contributed by atoms with Crippen molar-refractivity contribution in [2.24, 2.45) is 14.1 Å². The molecule has 0 radical (unpaired) electrons. The van der Waals surface area contributed by atoms with E-state index >= 15 is 0 Å². The van der Waals surface area contributed by atoms with Crippen LogP contribution in [0.4, 0.5) is 5.82 Å². The van der Waals surface area contributed by atoms with Crippen LogP contribution in [0.25, 0.3) is 5.69 Å². The summed E-state index contributed by atoms with van der Waals surface area (Å²) in [5, 5.41) is 16.5. The molecule has 2 heterocycles. The predicted molar refractivity (Wildman–Crippen MR) is 95.0 cm³/mol. The molecule has 3 aromatic rings. The minimum atomic E-state index is -0.619. The van der Waals surface area contributed by atoms with Gasteiger partial charge in [-0.25, -0.2) is 14.5 Å². The van der Waals surface area contributed by atoms with E-state index in [1.807, 2.05) is 37.3 Å². The molecule has 26 heavy (non-hydrogen) atoms. The summed E-state index contributed by atoms with van der Waals surface area (Å²) in [5.41, 5.74) is 0.570. The summed E-state index contributed by atoms with van der Waals surface area (Å²) >= 11 is 0. The van der Waals surface area contributed by atoms with Crippen LogP contribution in [-0.2, 0) is 14.1 Å². The first-order valence-corrected chi connectivity index (χ1v) is 7.85. The van der Waals surface area contributed by atoms with Crippen LogP contribution in [-0.4, -0.2) is 23.9 Å². The quantitative estimate of drug-likeness (QED) is 0.741.